The monoisotopic (exact) mass is 235 g/mol. The van der Waals surface area contributed by atoms with Crippen LogP contribution in [0.15, 0.2) is 30.3 Å². The van der Waals surface area contributed by atoms with Gasteiger partial charge in [-0.25, -0.2) is 0 Å². The van der Waals surface area contributed by atoms with Crippen molar-refractivity contribution in [3.8, 4) is 0 Å². The molecule has 17 heavy (non-hydrogen) atoms. The fourth-order valence-electron chi connectivity index (χ4n) is 1.79. The van der Waals surface area contributed by atoms with Crippen LogP contribution in [0.2, 0.25) is 0 Å². The summed E-state index contributed by atoms with van der Waals surface area (Å²) in [6.07, 6.45) is 0.408. The second-order valence-corrected chi connectivity index (χ2v) is 4.21. The highest BCUT2D eigenvalue weighted by atomic mass is 16.5. The Morgan fingerprint density at radius 1 is 1.29 bits per heavy atom. The highest BCUT2D eigenvalue weighted by molar-refractivity contribution is 5.70. The summed E-state index contributed by atoms with van der Waals surface area (Å²) in [6.45, 7) is 6.36. The predicted molar refractivity (Wildman–Crippen MR) is 68.7 cm³/mol. The molecule has 1 aromatic rings. The van der Waals surface area contributed by atoms with Crippen LogP contribution >= 0.6 is 0 Å². The van der Waals surface area contributed by atoms with Crippen LogP contribution < -0.4 is 5.32 Å². The highest BCUT2D eigenvalue weighted by Gasteiger charge is 2.13. The summed E-state index contributed by atoms with van der Waals surface area (Å²) in [6, 6.07) is 10.5. The van der Waals surface area contributed by atoms with Gasteiger partial charge in [-0.15, -0.1) is 0 Å². The number of benzene rings is 1. The topological polar surface area (TPSA) is 38.3 Å². The maximum absolute atomic E-state index is 11.3. The van der Waals surface area contributed by atoms with E-state index in [1.807, 2.05) is 32.0 Å². The number of nitrogens with one attached hydrogen (secondary N) is 1. The molecule has 0 radical (unpaired) electrons. The number of carbonyl (C=O) groups excluding carboxylic acids is 1. The lowest BCUT2D eigenvalue weighted by molar-refractivity contribution is -0.143. The Morgan fingerprint density at radius 3 is 2.53 bits per heavy atom. The average Bonchev–Trinajstić information content (AvgIpc) is 2.30. The zero-order valence-electron chi connectivity index (χ0n) is 10.8. The average molecular weight is 235 g/mol. The second kappa shape index (κ2) is 7.07. The molecule has 0 saturated carbocycles. The molecular formula is C14H21NO2. The van der Waals surface area contributed by atoms with Crippen molar-refractivity contribution in [2.45, 2.75) is 39.3 Å². The largest absolute Gasteiger partial charge is 0.466 e. The standard InChI is InChI=1S/C14H21NO2/c1-4-17-14(16)10-11(2)15-12(3)13-8-6-5-7-9-13/h5-9,11-12,15H,4,10H2,1-3H3/t11?,12-/m1/s1. The van der Waals surface area contributed by atoms with E-state index in [-0.39, 0.29) is 18.1 Å². The lowest BCUT2D eigenvalue weighted by Crippen LogP contribution is -2.31. The summed E-state index contributed by atoms with van der Waals surface area (Å²) >= 11 is 0. The molecule has 0 fully saturated rings. The Morgan fingerprint density at radius 2 is 1.94 bits per heavy atom. The van der Waals surface area contributed by atoms with E-state index in [0.29, 0.717) is 13.0 Å². The van der Waals surface area contributed by atoms with Crippen molar-refractivity contribution in [1.82, 2.24) is 5.32 Å². The number of hydrogen-bond acceptors (Lipinski definition) is 3. The third kappa shape index (κ3) is 5.00. The fraction of sp³-hybridized carbons (Fsp3) is 0.500. The summed E-state index contributed by atoms with van der Waals surface area (Å²) in [5.74, 6) is -0.146. The molecule has 0 aliphatic carbocycles. The third-order valence-electron chi connectivity index (χ3n) is 2.61. The van der Waals surface area contributed by atoms with Crippen LogP contribution in [0.1, 0.15) is 38.8 Å². The second-order valence-electron chi connectivity index (χ2n) is 4.21. The van der Waals surface area contributed by atoms with Gasteiger partial charge in [0.25, 0.3) is 0 Å². The minimum Gasteiger partial charge on any atom is -0.466 e. The molecule has 0 aliphatic heterocycles. The summed E-state index contributed by atoms with van der Waals surface area (Å²) in [4.78, 5) is 11.3. The number of esters is 1. The highest BCUT2D eigenvalue weighted by Crippen LogP contribution is 2.12. The van der Waals surface area contributed by atoms with Crippen molar-refractivity contribution < 1.29 is 9.53 Å². The van der Waals surface area contributed by atoms with Crippen LogP contribution in [0, 0.1) is 0 Å². The van der Waals surface area contributed by atoms with Gasteiger partial charge in [0, 0.05) is 12.1 Å². The van der Waals surface area contributed by atoms with Gasteiger partial charge in [-0.05, 0) is 26.3 Å². The van der Waals surface area contributed by atoms with E-state index in [4.69, 9.17) is 4.74 Å². The van der Waals surface area contributed by atoms with Crippen molar-refractivity contribution in [2.75, 3.05) is 6.61 Å². The molecule has 94 valence electrons. The zero-order chi connectivity index (χ0) is 12.7. The molecule has 0 heterocycles. The van der Waals surface area contributed by atoms with Crippen molar-refractivity contribution in [2.24, 2.45) is 0 Å². The Balaban J connectivity index is 2.41. The van der Waals surface area contributed by atoms with Crippen LogP contribution in [-0.4, -0.2) is 18.6 Å². The van der Waals surface area contributed by atoms with Gasteiger partial charge >= 0.3 is 5.97 Å². The first-order valence-corrected chi connectivity index (χ1v) is 6.10. The molecule has 3 nitrogen and oxygen atoms in total. The van der Waals surface area contributed by atoms with Crippen LogP contribution in [0.5, 0.6) is 0 Å². The minimum absolute atomic E-state index is 0.115. The summed E-state index contributed by atoms with van der Waals surface area (Å²) in [7, 11) is 0. The molecule has 0 bridgehead atoms. The number of rotatable bonds is 6. The molecule has 0 spiro atoms. The van der Waals surface area contributed by atoms with Gasteiger partial charge < -0.3 is 10.1 Å². The van der Waals surface area contributed by atoms with E-state index < -0.39 is 0 Å². The van der Waals surface area contributed by atoms with Crippen LogP contribution in [-0.2, 0) is 9.53 Å². The van der Waals surface area contributed by atoms with E-state index >= 15 is 0 Å². The quantitative estimate of drug-likeness (QED) is 0.770. The number of hydrogen-bond donors (Lipinski definition) is 1. The third-order valence-corrected chi connectivity index (χ3v) is 2.61. The molecule has 3 heteroatoms. The van der Waals surface area contributed by atoms with Crippen molar-refractivity contribution in [1.29, 1.82) is 0 Å². The van der Waals surface area contributed by atoms with Crippen LogP contribution in [0.25, 0.3) is 0 Å². The SMILES string of the molecule is CCOC(=O)CC(C)N[C@H](C)c1ccccc1. The minimum atomic E-state index is -0.146. The lowest BCUT2D eigenvalue weighted by Gasteiger charge is -2.19. The van der Waals surface area contributed by atoms with Gasteiger partial charge in [0.05, 0.1) is 13.0 Å². The summed E-state index contributed by atoms with van der Waals surface area (Å²) in [5.41, 5.74) is 1.23. The van der Waals surface area contributed by atoms with Gasteiger partial charge in [-0.2, -0.15) is 0 Å². The molecule has 0 aromatic heterocycles. The molecule has 1 unspecified atom stereocenters. The Bertz CT molecular complexity index is 337. The van der Waals surface area contributed by atoms with E-state index in [1.54, 1.807) is 0 Å². The lowest BCUT2D eigenvalue weighted by atomic mass is 10.1. The first kappa shape index (κ1) is 13.7. The molecule has 0 saturated heterocycles. The molecule has 0 amide bonds. The van der Waals surface area contributed by atoms with Gasteiger partial charge in [-0.3, -0.25) is 4.79 Å². The Hall–Kier alpha value is -1.35. The van der Waals surface area contributed by atoms with Gasteiger partial charge in [0.2, 0.25) is 0 Å². The Kier molecular flexibility index (Phi) is 5.70. The first-order valence-electron chi connectivity index (χ1n) is 6.10. The van der Waals surface area contributed by atoms with Crippen LogP contribution in [0.3, 0.4) is 0 Å². The van der Waals surface area contributed by atoms with Crippen molar-refractivity contribution >= 4 is 5.97 Å². The summed E-state index contributed by atoms with van der Waals surface area (Å²) in [5, 5.41) is 3.38. The molecule has 2 atom stereocenters. The van der Waals surface area contributed by atoms with E-state index in [1.165, 1.54) is 5.56 Å². The van der Waals surface area contributed by atoms with Crippen molar-refractivity contribution in [3.63, 3.8) is 0 Å². The normalized spacial score (nSPS) is 14.1. The maximum Gasteiger partial charge on any atom is 0.307 e. The number of carbonyl (C=O) groups is 1. The fourth-order valence-corrected chi connectivity index (χ4v) is 1.79. The predicted octanol–water partition coefficient (Wildman–Crippen LogP) is 2.68. The Labute approximate surface area is 103 Å². The van der Waals surface area contributed by atoms with Crippen LogP contribution in [0.4, 0.5) is 0 Å². The zero-order valence-corrected chi connectivity index (χ0v) is 10.8. The summed E-state index contributed by atoms with van der Waals surface area (Å²) < 4.78 is 4.92. The van der Waals surface area contributed by atoms with E-state index in [2.05, 4.69) is 24.4 Å². The molecule has 1 aromatic carbocycles. The molecule has 0 aliphatic rings. The molecular weight excluding hydrogens is 214 g/mol. The van der Waals surface area contributed by atoms with Gasteiger partial charge in [0.15, 0.2) is 0 Å². The first-order chi connectivity index (χ1) is 8.13. The van der Waals surface area contributed by atoms with E-state index in [9.17, 15) is 4.79 Å². The van der Waals surface area contributed by atoms with E-state index in [0.717, 1.165) is 0 Å². The van der Waals surface area contributed by atoms with Gasteiger partial charge in [-0.1, -0.05) is 30.3 Å². The molecule has 1 rings (SSSR count). The molecule has 1 N–H and O–H groups in total. The maximum atomic E-state index is 11.3. The smallest absolute Gasteiger partial charge is 0.307 e. The number of ether oxygens (including phenoxy) is 1. The van der Waals surface area contributed by atoms with Gasteiger partial charge in [0.1, 0.15) is 0 Å². The van der Waals surface area contributed by atoms with Crippen molar-refractivity contribution in [3.05, 3.63) is 35.9 Å².